The van der Waals surface area contributed by atoms with Crippen LogP contribution >= 0.6 is 0 Å². The molecule has 0 radical (unpaired) electrons. The van der Waals surface area contributed by atoms with E-state index in [9.17, 15) is 9.59 Å². The van der Waals surface area contributed by atoms with Crippen molar-refractivity contribution in [3.8, 4) is 0 Å². The predicted molar refractivity (Wildman–Crippen MR) is 73.9 cm³/mol. The second-order valence-electron chi connectivity index (χ2n) is 5.12. The summed E-state index contributed by atoms with van der Waals surface area (Å²) in [5.74, 6) is -0.683. The van der Waals surface area contributed by atoms with Crippen LogP contribution in [-0.4, -0.2) is 28.4 Å². The minimum atomic E-state index is -0.683. The summed E-state index contributed by atoms with van der Waals surface area (Å²) in [7, 11) is 0. The highest BCUT2D eigenvalue weighted by Crippen LogP contribution is 2.20. The number of nitrogens with one attached hydrogen (secondary N) is 1. The molecule has 104 valence electrons. The average molecular weight is 263 g/mol. The van der Waals surface area contributed by atoms with Crippen LogP contribution in [0.15, 0.2) is 16.9 Å². The number of H-pyrrole nitrogens is 1. The molecule has 0 aromatic carbocycles. The van der Waals surface area contributed by atoms with Gasteiger partial charge in [-0.15, -0.1) is 0 Å². The fraction of sp³-hybridized carbons (Fsp3) is 0.571. The Kier molecular flexibility index (Phi) is 4.37. The quantitative estimate of drug-likeness (QED) is 0.857. The fourth-order valence-electron chi connectivity index (χ4n) is 2.75. The maximum Gasteiger partial charge on any atom is 0.261 e. The number of primary amides is 1. The number of aromatic nitrogens is 1. The van der Waals surface area contributed by atoms with Gasteiger partial charge in [-0.1, -0.05) is 13.3 Å². The Bertz CT molecular complexity index is 510. The third-order valence-corrected chi connectivity index (χ3v) is 3.83. The summed E-state index contributed by atoms with van der Waals surface area (Å²) in [6.45, 7) is 3.99. The average Bonchev–Trinajstić information content (AvgIpc) is 2.39. The minimum Gasteiger partial charge on any atom is -0.365 e. The van der Waals surface area contributed by atoms with Crippen molar-refractivity contribution in [2.24, 2.45) is 5.73 Å². The van der Waals surface area contributed by atoms with Gasteiger partial charge in [-0.3, -0.25) is 14.5 Å². The number of rotatable bonds is 4. The first kappa shape index (κ1) is 13.8. The van der Waals surface area contributed by atoms with E-state index >= 15 is 0 Å². The molecule has 2 rings (SSSR count). The fourth-order valence-corrected chi connectivity index (χ4v) is 2.75. The molecule has 1 atom stereocenters. The van der Waals surface area contributed by atoms with Crippen molar-refractivity contribution < 1.29 is 4.79 Å². The first-order valence-electron chi connectivity index (χ1n) is 6.88. The number of piperidine rings is 1. The van der Waals surface area contributed by atoms with Gasteiger partial charge in [0.2, 0.25) is 0 Å². The highest BCUT2D eigenvalue weighted by atomic mass is 16.2. The third-order valence-electron chi connectivity index (χ3n) is 3.83. The number of pyridine rings is 1. The Morgan fingerprint density at radius 3 is 2.89 bits per heavy atom. The van der Waals surface area contributed by atoms with Crippen LogP contribution < -0.4 is 11.3 Å². The van der Waals surface area contributed by atoms with Crippen molar-refractivity contribution in [1.82, 2.24) is 9.88 Å². The Morgan fingerprint density at radius 1 is 1.47 bits per heavy atom. The number of aromatic amines is 1. The van der Waals surface area contributed by atoms with Gasteiger partial charge in [0, 0.05) is 18.3 Å². The van der Waals surface area contributed by atoms with Gasteiger partial charge in [0.25, 0.3) is 11.5 Å². The van der Waals surface area contributed by atoms with E-state index in [1.165, 1.54) is 25.3 Å². The summed E-state index contributed by atoms with van der Waals surface area (Å²) in [6, 6.07) is 3.89. The van der Waals surface area contributed by atoms with Crippen molar-refractivity contribution in [3.63, 3.8) is 0 Å². The Balaban J connectivity index is 2.12. The van der Waals surface area contributed by atoms with Gasteiger partial charge < -0.3 is 10.7 Å². The molecule has 1 aliphatic heterocycles. The summed E-state index contributed by atoms with van der Waals surface area (Å²) < 4.78 is 0. The van der Waals surface area contributed by atoms with E-state index in [2.05, 4.69) is 16.8 Å². The topological polar surface area (TPSA) is 79.2 Å². The molecule has 3 N–H and O–H groups in total. The molecule has 1 fully saturated rings. The number of likely N-dealkylation sites (tertiary alicyclic amines) is 1. The molecule has 0 spiro atoms. The first-order valence-corrected chi connectivity index (χ1v) is 6.88. The van der Waals surface area contributed by atoms with Crippen molar-refractivity contribution in [1.29, 1.82) is 0 Å². The van der Waals surface area contributed by atoms with Gasteiger partial charge in [-0.25, -0.2) is 0 Å². The van der Waals surface area contributed by atoms with Crippen molar-refractivity contribution in [2.75, 3.05) is 6.54 Å². The number of carbonyl (C=O) groups excluding carboxylic acids is 1. The van der Waals surface area contributed by atoms with Crippen LogP contribution in [0.25, 0.3) is 0 Å². The number of carbonyl (C=O) groups is 1. The molecule has 1 aromatic heterocycles. The molecule has 1 amide bonds. The summed E-state index contributed by atoms with van der Waals surface area (Å²) in [4.78, 5) is 27.9. The molecule has 5 heteroatoms. The zero-order valence-electron chi connectivity index (χ0n) is 11.3. The molecule has 1 aromatic rings. The summed E-state index contributed by atoms with van der Waals surface area (Å²) >= 11 is 0. The lowest BCUT2D eigenvalue weighted by Crippen LogP contribution is -2.39. The Labute approximate surface area is 112 Å². The largest absolute Gasteiger partial charge is 0.365 e. The van der Waals surface area contributed by atoms with E-state index in [1.54, 1.807) is 6.07 Å². The number of hydrogen-bond donors (Lipinski definition) is 2. The number of nitrogens with two attached hydrogens (primary N) is 1. The van der Waals surface area contributed by atoms with Crippen molar-refractivity contribution in [2.45, 2.75) is 45.2 Å². The minimum absolute atomic E-state index is 0.0226. The molecule has 5 nitrogen and oxygen atoms in total. The SMILES string of the molecule is CCC1CCCCN1Cc1ccc(C(N)=O)c(=O)[nH]1. The van der Waals surface area contributed by atoms with Gasteiger partial charge in [0.15, 0.2) is 0 Å². The molecule has 0 aliphatic carbocycles. The van der Waals surface area contributed by atoms with Crippen molar-refractivity contribution >= 4 is 5.91 Å². The van der Waals surface area contributed by atoms with Crippen LogP contribution in [0.4, 0.5) is 0 Å². The molecule has 0 saturated carbocycles. The Hall–Kier alpha value is -1.62. The Morgan fingerprint density at radius 2 is 2.26 bits per heavy atom. The molecular formula is C14H21N3O2. The summed E-state index contributed by atoms with van der Waals surface area (Å²) in [5.41, 5.74) is 5.60. The highest BCUT2D eigenvalue weighted by molar-refractivity contribution is 5.92. The highest BCUT2D eigenvalue weighted by Gasteiger charge is 2.21. The predicted octanol–water partition coefficient (Wildman–Crippen LogP) is 1.24. The molecule has 1 saturated heterocycles. The van der Waals surface area contributed by atoms with E-state index in [-0.39, 0.29) is 5.56 Å². The van der Waals surface area contributed by atoms with Crippen molar-refractivity contribution in [3.05, 3.63) is 33.7 Å². The number of hydrogen-bond acceptors (Lipinski definition) is 3. The van der Waals surface area contributed by atoms with Gasteiger partial charge in [-0.2, -0.15) is 0 Å². The van der Waals surface area contributed by atoms with Gasteiger partial charge in [0.05, 0.1) is 0 Å². The van der Waals surface area contributed by atoms with Crippen LogP contribution in [0.2, 0.25) is 0 Å². The van der Waals surface area contributed by atoms with Crippen LogP contribution in [0.1, 0.15) is 48.7 Å². The summed E-state index contributed by atoms with van der Waals surface area (Å²) in [6.07, 6.45) is 4.84. The molecule has 19 heavy (non-hydrogen) atoms. The lowest BCUT2D eigenvalue weighted by Gasteiger charge is -2.35. The van der Waals surface area contributed by atoms with Crippen LogP contribution in [0, 0.1) is 0 Å². The first-order chi connectivity index (χ1) is 9.11. The second kappa shape index (κ2) is 6.02. The van der Waals surface area contributed by atoms with E-state index in [0.29, 0.717) is 6.04 Å². The lowest BCUT2D eigenvalue weighted by atomic mass is 10.00. The summed E-state index contributed by atoms with van der Waals surface area (Å²) in [5, 5.41) is 0. The normalized spacial score (nSPS) is 20.4. The van der Waals surface area contributed by atoms with Crippen LogP contribution in [0.5, 0.6) is 0 Å². The third kappa shape index (κ3) is 3.23. The molecule has 1 aliphatic rings. The van der Waals surface area contributed by atoms with Gasteiger partial charge in [-0.05, 0) is 37.9 Å². The maximum absolute atomic E-state index is 11.7. The maximum atomic E-state index is 11.7. The molecule has 1 unspecified atom stereocenters. The monoisotopic (exact) mass is 263 g/mol. The smallest absolute Gasteiger partial charge is 0.261 e. The van der Waals surface area contributed by atoms with Crippen LogP contribution in [0.3, 0.4) is 0 Å². The molecule has 0 bridgehead atoms. The zero-order valence-corrected chi connectivity index (χ0v) is 11.3. The lowest BCUT2D eigenvalue weighted by molar-refractivity contribution is 0.0998. The number of amides is 1. The zero-order chi connectivity index (χ0) is 13.8. The van der Waals surface area contributed by atoms with E-state index < -0.39 is 11.5 Å². The van der Waals surface area contributed by atoms with Gasteiger partial charge >= 0.3 is 0 Å². The molecule has 2 heterocycles. The van der Waals surface area contributed by atoms with E-state index in [4.69, 9.17) is 5.73 Å². The molecular weight excluding hydrogens is 242 g/mol. The van der Waals surface area contributed by atoms with Gasteiger partial charge in [0.1, 0.15) is 5.56 Å². The van der Waals surface area contributed by atoms with E-state index in [0.717, 1.165) is 25.2 Å². The number of nitrogens with zero attached hydrogens (tertiary/aromatic N) is 1. The standard InChI is InChI=1S/C14H21N3O2/c1-2-11-5-3-4-8-17(11)9-10-6-7-12(13(15)18)14(19)16-10/h6-7,11H,2-5,8-9H2,1H3,(H2,15,18)(H,16,19). The second-order valence-corrected chi connectivity index (χ2v) is 5.12. The van der Waals surface area contributed by atoms with E-state index in [1.807, 2.05) is 0 Å². The van der Waals surface area contributed by atoms with Crippen LogP contribution in [-0.2, 0) is 6.54 Å².